The van der Waals surface area contributed by atoms with E-state index >= 15 is 0 Å². The van der Waals surface area contributed by atoms with Crippen LogP contribution in [0.1, 0.15) is 26.3 Å². The number of hydrogen-bond donors (Lipinski definition) is 1. The lowest BCUT2D eigenvalue weighted by Crippen LogP contribution is -2.29. The SMILES string of the molecule is C=C(C)CN(C)S(=O)(=O)c1ccc(F)c(CNC(C)C)c1. The van der Waals surface area contributed by atoms with Gasteiger partial charge >= 0.3 is 0 Å². The maximum atomic E-state index is 13.8. The minimum Gasteiger partial charge on any atom is -0.310 e. The van der Waals surface area contributed by atoms with Crippen molar-refractivity contribution in [1.82, 2.24) is 9.62 Å². The van der Waals surface area contributed by atoms with Gasteiger partial charge in [-0.1, -0.05) is 26.0 Å². The van der Waals surface area contributed by atoms with Gasteiger partial charge in [0.15, 0.2) is 0 Å². The molecule has 21 heavy (non-hydrogen) atoms. The maximum Gasteiger partial charge on any atom is 0.243 e. The molecule has 1 aromatic rings. The highest BCUT2D eigenvalue weighted by atomic mass is 32.2. The second kappa shape index (κ2) is 7.15. The number of halogens is 1. The second-order valence-electron chi connectivity index (χ2n) is 5.51. The van der Waals surface area contributed by atoms with Gasteiger partial charge in [0.05, 0.1) is 4.90 Å². The molecular formula is C15H23FN2O2S. The molecule has 1 rings (SSSR count). The van der Waals surface area contributed by atoms with Crippen LogP contribution in [0, 0.1) is 5.82 Å². The first-order chi connectivity index (χ1) is 9.64. The Labute approximate surface area is 126 Å². The normalized spacial score (nSPS) is 12.1. The van der Waals surface area contributed by atoms with Gasteiger partial charge in [0.2, 0.25) is 10.0 Å². The van der Waals surface area contributed by atoms with Crippen LogP contribution in [-0.4, -0.2) is 32.4 Å². The van der Waals surface area contributed by atoms with E-state index in [1.807, 2.05) is 13.8 Å². The molecule has 4 nitrogen and oxygen atoms in total. The summed E-state index contributed by atoms with van der Waals surface area (Å²) in [6.07, 6.45) is 0. The van der Waals surface area contributed by atoms with Crippen molar-refractivity contribution >= 4 is 10.0 Å². The minimum absolute atomic E-state index is 0.0909. The van der Waals surface area contributed by atoms with Crippen LogP contribution in [0.25, 0.3) is 0 Å². The van der Waals surface area contributed by atoms with Gasteiger partial charge in [0, 0.05) is 31.7 Å². The van der Waals surface area contributed by atoms with E-state index in [9.17, 15) is 12.8 Å². The van der Waals surface area contributed by atoms with Crippen molar-refractivity contribution in [2.75, 3.05) is 13.6 Å². The third-order valence-electron chi connectivity index (χ3n) is 2.92. The zero-order chi connectivity index (χ0) is 16.2. The Hall–Kier alpha value is -1.24. The number of nitrogens with one attached hydrogen (secondary N) is 1. The van der Waals surface area contributed by atoms with Gasteiger partial charge < -0.3 is 5.32 Å². The van der Waals surface area contributed by atoms with Crippen LogP contribution >= 0.6 is 0 Å². The van der Waals surface area contributed by atoms with Gasteiger partial charge in [-0.25, -0.2) is 12.8 Å². The van der Waals surface area contributed by atoms with E-state index in [0.29, 0.717) is 5.56 Å². The third-order valence-corrected chi connectivity index (χ3v) is 4.72. The first-order valence-electron chi connectivity index (χ1n) is 6.77. The lowest BCUT2D eigenvalue weighted by Gasteiger charge is -2.18. The van der Waals surface area contributed by atoms with E-state index in [1.54, 1.807) is 6.92 Å². The first-order valence-corrected chi connectivity index (χ1v) is 8.21. The Bertz CT molecular complexity index is 612. The van der Waals surface area contributed by atoms with Crippen molar-refractivity contribution < 1.29 is 12.8 Å². The minimum atomic E-state index is -3.63. The topological polar surface area (TPSA) is 49.4 Å². The molecule has 6 heteroatoms. The lowest BCUT2D eigenvalue weighted by molar-refractivity contribution is 0.492. The van der Waals surface area contributed by atoms with E-state index in [2.05, 4.69) is 11.9 Å². The molecule has 0 bridgehead atoms. The molecular weight excluding hydrogens is 291 g/mol. The fourth-order valence-corrected chi connectivity index (χ4v) is 3.09. The van der Waals surface area contributed by atoms with E-state index in [-0.39, 0.29) is 24.0 Å². The number of sulfonamides is 1. The van der Waals surface area contributed by atoms with Crippen LogP contribution < -0.4 is 5.32 Å². The van der Waals surface area contributed by atoms with Gasteiger partial charge in [0.25, 0.3) is 0 Å². The lowest BCUT2D eigenvalue weighted by atomic mass is 10.2. The average molecular weight is 314 g/mol. The second-order valence-corrected chi connectivity index (χ2v) is 7.55. The standard InChI is InChI=1S/C15H23FN2O2S/c1-11(2)10-18(5)21(19,20)14-6-7-15(16)13(8-14)9-17-12(3)4/h6-8,12,17H,1,9-10H2,2-5H3. The molecule has 1 N–H and O–H groups in total. The molecule has 0 atom stereocenters. The van der Waals surface area contributed by atoms with Crippen LogP contribution in [0.2, 0.25) is 0 Å². The summed E-state index contributed by atoms with van der Waals surface area (Å²) in [7, 11) is -2.15. The van der Waals surface area contributed by atoms with Crippen molar-refractivity contribution in [2.24, 2.45) is 0 Å². The van der Waals surface area contributed by atoms with Crippen molar-refractivity contribution in [1.29, 1.82) is 0 Å². The van der Waals surface area contributed by atoms with Crippen molar-refractivity contribution in [3.8, 4) is 0 Å². The monoisotopic (exact) mass is 314 g/mol. The Balaban J connectivity index is 3.07. The Morgan fingerprint density at radius 1 is 1.43 bits per heavy atom. The Morgan fingerprint density at radius 2 is 2.05 bits per heavy atom. The molecule has 1 aromatic carbocycles. The van der Waals surface area contributed by atoms with Crippen molar-refractivity contribution in [3.63, 3.8) is 0 Å². The predicted molar refractivity (Wildman–Crippen MR) is 83.0 cm³/mol. The molecule has 0 spiro atoms. The van der Waals surface area contributed by atoms with E-state index in [1.165, 1.54) is 29.6 Å². The molecule has 0 amide bonds. The van der Waals surface area contributed by atoms with Crippen LogP contribution in [0.5, 0.6) is 0 Å². The van der Waals surface area contributed by atoms with Crippen LogP contribution in [0.4, 0.5) is 4.39 Å². The van der Waals surface area contributed by atoms with Gasteiger partial charge in [-0.15, -0.1) is 0 Å². The summed E-state index contributed by atoms with van der Waals surface area (Å²) < 4.78 is 39.8. The summed E-state index contributed by atoms with van der Waals surface area (Å²) in [5, 5.41) is 3.08. The molecule has 0 heterocycles. The summed E-state index contributed by atoms with van der Waals surface area (Å²) in [6.45, 7) is 9.88. The third kappa shape index (κ3) is 4.91. The van der Waals surface area contributed by atoms with E-state index in [4.69, 9.17) is 0 Å². The Kier molecular flexibility index (Phi) is 6.07. The zero-order valence-electron chi connectivity index (χ0n) is 13.0. The van der Waals surface area contributed by atoms with Gasteiger partial charge in [-0.3, -0.25) is 0 Å². The molecule has 0 aliphatic heterocycles. The van der Waals surface area contributed by atoms with Crippen molar-refractivity contribution in [2.45, 2.75) is 38.3 Å². The Morgan fingerprint density at radius 3 is 2.57 bits per heavy atom. The smallest absolute Gasteiger partial charge is 0.243 e. The highest BCUT2D eigenvalue weighted by Gasteiger charge is 2.21. The summed E-state index contributed by atoms with van der Waals surface area (Å²) in [6, 6.07) is 4.06. The van der Waals surface area contributed by atoms with Crippen LogP contribution in [0.3, 0.4) is 0 Å². The summed E-state index contributed by atoms with van der Waals surface area (Å²) in [4.78, 5) is 0.0909. The number of hydrogen-bond acceptors (Lipinski definition) is 3. The molecule has 0 aromatic heterocycles. The summed E-state index contributed by atoms with van der Waals surface area (Å²) in [5.41, 5.74) is 1.08. The highest BCUT2D eigenvalue weighted by molar-refractivity contribution is 7.89. The molecule has 0 radical (unpaired) electrons. The maximum absolute atomic E-state index is 13.8. The van der Waals surface area contributed by atoms with E-state index in [0.717, 1.165) is 5.57 Å². The highest BCUT2D eigenvalue weighted by Crippen LogP contribution is 2.19. The molecule has 0 aliphatic carbocycles. The van der Waals surface area contributed by atoms with Crippen LogP contribution in [0.15, 0.2) is 35.2 Å². The number of likely N-dealkylation sites (N-methyl/N-ethyl adjacent to an activating group) is 1. The molecule has 0 saturated heterocycles. The fraction of sp³-hybridized carbons (Fsp3) is 0.467. The summed E-state index contributed by atoms with van der Waals surface area (Å²) >= 11 is 0. The summed E-state index contributed by atoms with van der Waals surface area (Å²) in [5.74, 6) is -0.412. The molecule has 0 fully saturated rings. The van der Waals surface area contributed by atoms with Gasteiger partial charge in [-0.05, 0) is 25.1 Å². The largest absolute Gasteiger partial charge is 0.310 e. The van der Waals surface area contributed by atoms with E-state index < -0.39 is 15.8 Å². The number of rotatable bonds is 7. The number of benzene rings is 1. The number of nitrogens with zero attached hydrogens (tertiary/aromatic N) is 1. The molecule has 0 aliphatic rings. The molecule has 118 valence electrons. The molecule has 0 saturated carbocycles. The van der Waals surface area contributed by atoms with Gasteiger partial charge in [-0.2, -0.15) is 4.31 Å². The van der Waals surface area contributed by atoms with Crippen LogP contribution in [-0.2, 0) is 16.6 Å². The predicted octanol–water partition coefficient (Wildman–Crippen LogP) is 2.52. The zero-order valence-corrected chi connectivity index (χ0v) is 13.8. The van der Waals surface area contributed by atoms with Gasteiger partial charge in [0.1, 0.15) is 5.82 Å². The average Bonchev–Trinajstić information content (AvgIpc) is 2.36. The van der Waals surface area contributed by atoms with Crippen molar-refractivity contribution in [3.05, 3.63) is 41.7 Å². The quantitative estimate of drug-likeness (QED) is 0.787. The fourth-order valence-electron chi connectivity index (χ4n) is 1.81. The first kappa shape index (κ1) is 17.8. The molecule has 0 unspecified atom stereocenters.